The summed E-state index contributed by atoms with van der Waals surface area (Å²) in [6, 6.07) is 8.47. The van der Waals surface area contributed by atoms with E-state index in [1.807, 2.05) is 18.2 Å². The highest BCUT2D eigenvalue weighted by atomic mass is 16.7. The number of rotatable bonds is 2. The zero-order chi connectivity index (χ0) is 17.8. The molecule has 1 aromatic carbocycles. The molecule has 136 valence electrons. The number of anilines is 1. The Labute approximate surface area is 153 Å². The summed E-state index contributed by atoms with van der Waals surface area (Å²) in [5.41, 5.74) is 1.27. The van der Waals surface area contributed by atoms with Crippen LogP contribution in [0.4, 0.5) is 5.69 Å². The molecule has 0 unspecified atom stereocenters. The summed E-state index contributed by atoms with van der Waals surface area (Å²) in [6.45, 7) is 6.00. The second-order valence-electron chi connectivity index (χ2n) is 8.70. The molecule has 5 nitrogen and oxygen atoms in total. The van der Waals surface area contributed by atoms with Gasteiger partial charge in [0, 0.05) is 29.8 Å². The minimum absolute atomic E-state index is 0.0170. The number of para-hydroxylation sites is 1. The van der Waals surface area contributed by atoms with Crippen LogP contribution in [0, 0.1) is 23.2 Å². The molecule has 2 saturated carbocycles. The van der Waals surface area contributed by atoms with Gasteiger partial charge in [0.2, 0.25) is 0 Å². The first-order chi connectivity index (χ1) is 12.6. The van der Waals surface area contributed by atoms with Crippen molar-refractivity contribution >= 4 is 11.6 Å². The number of nitrogens with zero attached hydrogens (tertiary/aromatic N) is 2. The fraction of sp³-hybridized carbons (Fsp3) is 0.571. The van der Waals surface area contributed by atoms with Gasteiger partial charge in [0.25, 0.3) is 5.91 Å². The molecule has 1 amide bonds. The third-order valence-electron chi connectivity index (χ3n) is 8.22. The highest BCUT2D eigenvalue weighted by molar-refractivity contribution is 6.08. The van der Waals surface area contributed by atoms with Gasteiger partial charge in [0.1, 0.15) is 5.41 Å². The molecule has 1 spiro atoms. The molecular weight excluding hydrogens is 328 g/mol. The Morgan fingerprint density at radius 3 is 2.96 bits per heavy atom. The van der Waals surface area contributed by atoms with E-state index in [1.165, 1.54) is 5.06 Å². The minimum Gasteiger partial charge on any atom is -0.376 e. The Bertz CT molecular complexity index is 840. The zero-order valence-electron chi connectivity index (χ0n) is 15.2. The number of hydrogen-bond donors (Lipinski definition) is 0. The minimum atomic E-state index is -0.669. The van der Waals surface area contributed by atoms with E-state index in [0.717, 1.165) is 30.8 Å². The number of carbonyl (C=O) groups excluding carboxylic acids is 1. The van der Waals surface area contributed by atoms with Crippen LogP contribution in [0.3, 0.4) is 0 Å². The maximum atomic E-state index is 13.9. The molecule has 26 heavy (non-hydrogen) atoms. The number of piperidine rings is 1. The molecule has 2 saturated heterocycles. The first kappa shape index (κ1) is 15.4. The molecule has 0 aromatic heterocycles. The first-order valence-corrected chi connectivity index (χ1v) is 9.55. The number of hydroxylamine groups is 1. The van der Waals surface area contributed by atoms with Gasteiger partial charge in [-0.1, -0.05) is 24.3 Å². The summed E-state index contributed by atoms with van der Waals surface area (Å²) in [7, 11) is 3.78. The highest BCUT2D eigenvalue weighted by Crippen LogP contribution is 2.73. The average molecular weight is 352 g/mol. The molecule has 0 radical (unpaired) electrons. The fourth-order valence-electron chi connectivity index (χ4n) is 7.64. The molecule has 5 aliphatic rings. The summed E-state index contributed by atoms with van der Waals surface area (Å²) >= 11 is 0. The summed E-state index contributed by atoms with van der Waals surface area (Å²) < 4.78 is 6.39. The molecule has 5 heteroatoms. The van der Waals surface area contributed by atoms with Crippen LogP contribution in [-0.2, 0) is 19.8 Å². The maximum absolute atomic E-state index is 13.9. The largest absolute Gasteiger partial charge is 0.376 e. The van der Waals surface area contributed by atoms with Crippen LogP contribution in [0.5, 0.6) is 0 Å². The standard InChI is InChI=1S/C21H24N2O3/c1-4-20-11-22(2)17-12-10-26-16(9-14(12)20)21(18(17)20)13-7-5-6-8-15(13)23(25-3)19(21)24/h4-8,12,14,16-18H,1,9-11H2,2-3H3/t12-,14+,16+,17-,18-,20-,21-/m0/s1. The summed E-state index contributed by atoms with van der Waals surface area (Å²) in [6.07, 6.45) is 3.04. The third-order valence-corrected chi connectivity index (χ3v) is 8.22. The quantitative estimate of drug-likeness (QED) is 0.764. The number of fused-ring (bicyclic) bond motifs is 5. The van der Waals surface area contributed by atoms with Crippen LogP contribution in [-0.4, -0.2) is 50.3 Å². The molecule has 6 rings (SSSR count). The smallest absolute Gasteiger partial charge is 0.264 e. The Morgan fingerprint density at radius 2 is 2.19 bits per heavy atom. The zero-order valence-corrected chi connectivity index (χ0v) is 15.2. The molecule has 5 bridgehead atoms. The van der Waals surface area contributed by atoms with Gasteiger partial charge >= 0.3 is 0 Å². The SMILES string of the molecule is C=C[C@]12CN(C)[C@H]3[C@H]4CO[C@H](C[C@H]41)[C@]1(C(=O)N(OC)c4ccccc41)[C@@H]32. The number of likely N-dealkylation sites (tertiary alicyclic amines) is 1. The molecule has 3 aliphatic heterocycles. The van der Waals surface area contributed by atoms with E-state index < -0.39 is 5.41 Å². The van der Waals surface area contributed by atoms with Gasteiger partial charge in [-0.2, -0.15) is 5.06 Å². The molecule has 0 N–H and O–H groups in total. The number of benzene rings is 1. The molecule has 7 atom stereocenters. The van der Waals surface area contributed by atoms with Crippen molar-refractivity contribution in [2.45, 2.75) is 24.0 Å². The fourth-order valence-corrected chi connectivity index (χ4v) is 7.64. The van der Waals surface area contributed by atoms with Gasteiger partial charge in [-0.15, -0.1) is 6.58 Å². The van der Waals surface area contributed by atoms with Crippen LogP contribution in [0.2, 0.25) is 0 Å². The van der Waals surface area contributed by atoms with Crippen molar-refractivity contribution < 1.29 is 14.4 Å². The summed E-state index contributed by atoms with van der Waals surface area (Å²) in [5, 5.41) is 1.50. The molecule has 4 fully saturated rings. The second-order valence-corrected chi connectivity index (χ2v) is 8.70. The van der Waals surface area contributed by atoms with Crippen molar-refractivity contribution in [1.82, 2.24) is 4.90 Å². The lowest BCUT2D eigenvalue weighted by atomic mass is 9.51. The van der Waals surface area contributed by atoms with Crippen molar-refractivity contribution in [3.05, 3.63) is 42.5 Å². The third kappa shape index (κ3) is 1.30. The molecule has 1 aromatic rings. The van der Waals surface area contributed by atoms with Crippen molar-refractivity contribution in [3.63, 3.8) is 0 Å². The van der Waals surface area contributed by atoms with Gasteiger partial charge < -0.3 is 9.64 Å². The number of carbonyl (C=O) groups is 1. The lowest BCUT2D eigenvalue weighted by Gasteiger charge is -2.54. The van der Waals surface area contributed by atoms with Gasteiger partial charge in [0.15, 0.2) is 0 Å². The number of hydrogen-bond acceptors (Lipinski definition) is 4. The van der Waals surface area contributed by atoms with E-state index in [2.05, 4.69) is 30.7 Å². The van der Waals surface area contributed by atoms with Gasteiger partial charge in [-0.05, 0) is 31.0 Å². The van der Waals surface area contributed by atoms with Crippen molar-refractivity contribution in [1.29, 1.82) is 0 Å². The topological polar surface area (TPSA) is 42.0 Å². The van der Waals surface area contributed by atoms with Crippen molar-refractivity contribution in [2.75, 3.05) is 32.4 Å². The summed E-state index contributed by atoms with van der Waals surface area (Å²) in [4.78, 5) is 21.9. The molecular formula is C21H24N2O3. The van der Waals surface area contributed by atoms with Crippen LogP contribution >= 0.6 is 0 Å². The lowest BCUT2D eigenvalue weighted by Crippen LogP contribution is -2.63. The molecule has 3 heterocycles. The van der Waals surface area contributed by atoms with Crippen LogP contribution < -0.4 is 5.06 Å². The van der Waals surface area contributed by atoms with Crippen LogP contribution in [0.15, 0.2) is 36.9 Å². The van der Waals surface area contributed by atoms with E-state index >= 15 is 0 Å². The monoisotopic (exact) mass is 352 g/mol. The lowest BCUT2D eigenvalue weighted by molar-refractivity contribution is -0.159. The van der Waals surface area contributed by atoms with E-state index in [4.69, 9.17) is 9.57 Å². The van der Waals surface area contributed by atoms with E-state index in [0.29, 0.717) is 17.9 Å². The average Bonchev–Trinajstić information content (AvgIpc) is 3.13. The predicted molar refractivity (Wildman–Crippen MR) is 96.5 cm³/mol. The predicted octanol–water partition coefficient (Wildman–Crippen LogP) is 1.98. The Kier molecular flexibility index (Phi) is 2.71. The van der Waals surface area contributed by atoms with Crippen molar-refractivity contribution in [3.8, 4) is 0 Å². The van der Waals surface area contributed by atoms with E-state index in [9.17, 15) is 4.79 Å². The van der Waals surface area contributed by atoms with Crippen LogP contribution in [0.25, 0.3) is 0 Å². The summed E-state index contributed by atoms with van der Waals surface area (Å²) in [5.74, 6) is 1.31. The number of ether oxygens (including phenoxy) is 1. The van der Waals surface area contributed by atoms with Gasteiger partial charge in [-0.3, -0.25) is 9.63 Å². The van der Waals surface area contributed by atoms with Gasteiger partial charge in [0.05, 0.1) is 25.5 Å². The second kappa shape index (κ2) is 4.58. The van der Waals surface area contributed by atoms with E-state index in [1.54, 1.807) is 7.11 Å². The number of amides is 1. The molecule has 2 aliphatic carbocycles. The van der Waals surface area contributed by atoms with Crippen molar-refractivity contribution in [2.24, 2.45) is 23.2 Å². The van der Waals surface area contributed by atoms with Gasteiger partial charge in [-0.25, -0.2) is 0 Å². The maximum Gasteiger partial charge on any atom is 0.264 e. The van der Waals surface area contributed by atoms with E-state index in [-0.39, 0.29) is 23.3 Å². The Morgan fingerprint density at radius 1 is 1.38 bits per heavy atom. The first-order valence-electron chi connectivity index (χ1n) is 9.55. The Hall–Kier alpha value is -1.69. The normalized spacial score (nSPS) is 47.8. The Balaban J connectivity index is 1.68. The van der Waals surface area contributed by atoms with Crippen LogP contribution in [0.1, 0.15) is 12.0 Å². The highest BCUT2D eigenvalue weighted by Gasteiger charge is 2.80.